The zero-order valence-corrected chi connectivity index (χ0v) is 11.5. The quantitative estimate of drug-likeness (QED) is 0.570. The number of methoxy groups -OCH3 is 1. The van der Waals surface area contributed by atoms with Crippen LogP contribution < -0.4 is 4.74 Å². The van der Waals surface area contributed by atoms with E-state index in [9.17, 15) is 17.6 Å². The fraction of sp³-hybridized carbons (Fsp3) is 0.143. The highest BCUT2D eigenvalue weighted by Crippen LogP contribution is 2.39. The standard InChI is InChI=1S/C13H7F3OS.CH3F/c1-17-9-5-3-7-6-2-4-8(14)10(15)12(6)18-13(7)11(9)16;1-2/h2-5H,1H3;1H3. The van der Waals surface area contributed by atoms with Gasteiger partial charge in [-0.1, -0.05) is 0 Å². The average Bonchev–Trinajstić information content (AvgIpc) is 2.86. The van der Waals surface area contributed by atoms with Crippen molar-refractivity contribution in [1.29, 1.82) is 0 Å². The van der Waals surface area contributed by atoms with Gasteiger partial charge in [-0.3, -0.25) is 4.39 Å². The number of fused-ring (bicyclic) bond motifs is 3. The van der Waals surface area contributed by atoms with Gasteiger partial charge in [0.05, 0.1) is 23.7 Å². The number of hydrogen-bond donors (Lipinski definition) is 0. The Morgan fingerprint density at radius 1 is 0.850 bits per heavy atom. The van der Waals surface area contributed by atoms with E-state index in [1.807, 2.05) is 0 Å². The van der Waals surface area contributed by atoms with Crippen LogP contribution in [0.3, 0.4) is 0 Å². The van der Waals surface area contributed by atoms with E-state index >= 15 is 0 Å². The lowest BCUT2D eigenvalue weighted by molar-refractivity contribution is 0.389. The minimum Gasteiger partial charge on any atom is -0.494 e. The predicted molar refractivity (Wildman–Crippen MR) is 72.8 cm³/mol. The first-order valence-corrected chi connectivity index (χ1v) is 6.35. The van der Waals surface area contributed by atoms with Gasteiger partial charge in [-0.2, -0.15) is 0 Å². The lowest BCUT2D eigenvalue weighted by Gasteiger charge is -2.01. The number of thiophene rings is 1. The second-order valence-corrected chi connectivity index (χ2v) is 4.82. The molecule has 0 amide bonds. The van der Waals surface area contributed by atoms with Crippen molar-refractivity contribution in [2.75, 3.05) is 14.3 Å². The number of ether oxygens (including phenoxy) is 1. The third-order valence-corrected chi connectivity index (χ3v) is 4.03. The molecule has 0 radical (unpaired) electrons. The Labute approximate surface area is 116 Å². The van der Waals surface area contributed by atoms with Crippen LogP contribution in [0, 0.1) is 17.5 Å². The maximum Gasteiger partial charge on any atom is 0.182 e. The number of halogens is 4. The van der Waals surface area contributed by atoms with Gasteiger partial charge in [-0.25, -0.2) is 13.2 Å². The molecule has 0 fully saturated rings. The monoisotopic (exact) mass is 302 g/mol. The lowest BCUT2D eigenvalue weighted by Crippen LogP contribution is -1.86. The summed E-state index contributed by atoms with van der Waals surface area (Å²) in [4.78, 5) is 0. The van der Waals surface area contributed by atoms with E-state index in [4.69, 9.17) is 4.74 Å². The van der Waals surface area contributed by atoms with Crippen molar-refractivity contribution < 1.29 is 22.3 Å². The molecule has 0 N–H and O–H groups in total. The van der Waals surface area contributed by atoms with Crippen LogP contribution in [0.15, 0.2) is 24.3 Å². The Bertz CT molecular complexity index is 767. The van der Waals surface area contributed by atoms with Gasteiger partial charge in [-0.15, -0.1) is 11.3 Å². The fourth-order valence-corrected chi connectivity index (χ4v) is 3.11. The minimum atomic E-state index is -0.938. The van der Waals surface area contributed by atoms with Gasteiger partial charge in [0.25, 0.3) is 0 Å². The van der Waals surface area contributed by atoms with Crippen LogP contribution in [0.25, 0.3) is 20.2 Å². The minimum absolute atomic E-state index is 0.0925. The van der Waals surface area contributed by atoms with Crippen molar-refractivity contribution in [3.8, 4) is 5.75 Å². The van der Waals surface area contributed by atoms with Gasteiger partial charge in [-0.05, 0) is 24.3 Å². The van der Waals surface area contributed by atoms with Gasteiger partial charge in [0.15, 0.2) is 23.2 Å². The van der Waals surface area contributed by atoms with Crippen LogP contribution in [0.2, 0.25) is 0 Å². The molecule has 2 aromatic carbocycles. The largest absolute Gasteiger partial charge is 0.494 e. The van der Waals surface area contributed by atoms with Crippen LogP contribution in [0.4, 0.5) is 17.6 Å². The molecule has 1 heterocycles. The topological polar surface area (TPSA) is 9.23 Å². The van der Waals surface area contributed by atoms with E-state index in [0.717, 1.165) is 17.4 Å². The summed E-state index contributed by atoms with van der Waals surface area (Å²) in [6.07, 6.45) is 0. The highest BCUT2D eigenvalue weighted by molar-refractivity contribution is 7.25. The zero-order valence-electron chi connectivity index (χ0n) is 10.6. The van der Waals surface area contributed by atoms with E-state index < -0.39 is 17.5 Å². The molecule has 0 aliphatic rings. The second-order valence-electron chi connectivity index (χ2n) is 3.80. The van der Waals surface area contributed by atoms with Gasteiger partial charge in [0.1, 0.15) is 0 Å². The van der Waals surface area contributed by atoms with E-state index in [1.165, 1.54) is 19.2 Å². The Hall–Kier alpha value is -1.82. The summed E-state index contributed by atoms with van der Waals surface area (Å²) in [5, 5.41) is 1.07. The summed E-state index contributed by atoms with van der Waals surface area (Å²) in [6.45, 7) is 0. The maximum absolute atomic E-state index is 14.0. The average molecular weight is 302 g/mol. The fourth-order valence-electron chi connectivity index (χ4n) is 1.95. The lowest BCUT2D eigenvalue weighted by atomic mass is 10.1. The Morgan fingerprint density at radius 3 is 2.00 bits per heavy atom. The third kappa shape index (κ3) is 2.10. The maximum atomic E-state index is 14.0. The molecule has 0 bridgehead atoms. The number of alkyl halides is 1. The molecule has 3 aromatic rings. The molecule has 106 valence electrons. The third-order valence-electron chi connectivity index (χ3n) is 2.83. The van der Waals surface area contributed by atoms with Crippen LogP contribution >= 0.6 is 11.3 Å². The highest BCUT2D eigenvalue weighted by Gasteiger charge is 2.17. The normalized spacial score (nSPS) is 10.5. The smallest absolute Gasteiger partial charge is 0.182 e. The number of benzene rings is 2. The first kappa shape index (κ1) is 14.6. The molecule has 0 aliphatic heterocycles. The predicted octanol–water partition coefficient (Wildman–Crippen LogP) is 5.07. The van der Waals surface area contributed by atoms with Crippen molar-refractivity contribution in [3.05, 3.63) is 41.7 Å². The van der Waals surface area contributed by atoms with Gasteiger partial charge >= 0.3 is 0 Å². The molecule has 0 spiro atoms. The second kappa shape index (κ2) is 5.66. The Kier molecular flexibility index (Phi) is 4.13. The van der Waals surface area contributed by atoms with E-state index in [2.05, 4.69) is 0 Å². The molecule has 6 heteroatoms. The first-order valence-electron chi connectivity index (χ1n) is 5.54. The van der Waals surface area contributed by atoms with Crippen LogP contribution in [0.5, 0.6) is 5.75 Å². The van der Waals surface area contributed by atoms with Gasteiger partial charge in [0.2, 0.25) is 0 Å². The summed E-state index contributed by atoms with van der Waals surface area (Å²) in [5.74, 6) is -2.32. The summed E-state index contributed by atoms with van der Waals surface area (Å²) in [7, 11) is 1.86. The molecule has 0 saturated heterocycles. The molecule has 0 unspecified atom stereocenters. The van der Waals surface area contributed by atoms with Crippen molar-refractivity contribution in [2.24, 2.45) is 0 Å². The van der Waals surface area contributed by atoms with Gasteiger partial charge in [0, 0.05) is 10.8 Å². The summed E-state index contributed by atoms with van der Waals surface area (Å²) >= 11 is 0.889. The zero-order chi connectivity index (χ0) is 14.9. The molecule has 0 saturated carbocycles. The van der Waals surface area contributed by atoms with Crippen LogP contribution in [0.1, 0.15) is 0 Å². The van der Waals surface area contributed by atoms with E-state index in [1.54, 1.807) is 6.07 Å². The molecule has 0 atom stereocenters. The van der Waals surface area contributed by atoms with Gasteiger partial charge < -0.3 is 4.74 Å². The molecule has 20 heavy (non-hydrogen) atoms. The number of rotatable bonds is 1. The van der Waals surface area contributed by atoms with E-state index in [0.29, 0.717) is 17.9 Å². The molecule has 1 nitrogen and oxygen atoms in total. The SMILES string of the molecule is CF.COc1ccc2c(sc3c(F)c(F)ccc32)c1F. The van der Waals surface area contributed by atoms with Crippen molar-refractivity contribution in [3.63, 3.8) is 0 Å². The molecule has 0 aliphatic carbocycles. The summed E-state index contributed by atoms with van der Waals surface area (Å²) < 4.78 is 55.5. The van der Waals surface area contributed by atoms with Crippen LogP contribution in [-0.2, 0) is 0 Å². The molecule has 1 aromatic heterocycles. The number of hydrogen-bond acceptors (Lipinski definition) is 2. The molecular formula is C14H10F4OS. The van der Waals surface area contributed by atoms with Crippen LogP contribution in [-0.4, -0.2) is 14.3 Å². The highest BCUT2D eigenvalue weighted by atomic mass is 32.1. The Morgan fingerprint density at radius 2 is 1.40 bits per heavy atom. The summed E-state index contributed by atoms with van der Waals surface area (Å²) in [6, 6.07) is 5.63. The van der Waals surface area contributed by atoms with E-state index in [-0.39, 0.29) is 15.1 Å². The Balaban J connectivity index is 0.000000704. The summed E-state index contributed by atoms with van der Waals surface area (Å²) in [5.41, 5.74) is 0. The van der Waals surface area contributed by atoms with Crippen molar-refractivity contribution >= 4 is 31.5 Å². The van der Waals surface area contributed by atoms with Crippen molar-refractivity contribution in [2.45, 2.75) is 0 Å². The molecular weight excluding hydrogens is 292 g/mol. The van der Waals surface area contributed by atoms with Crippen molar-refractivity contribution in [1.82, 2.24) is 0 Å². The molecule has 3 rings (SSSR count). The first-order chi connectivity index (χ1) is 9.63.